The number of imidazole rings is 1. The van der Waals surface area contributed by atoms with Crippen molar-refractivity contribution in [2.45, 2.75) is 0 Å². The van der Waals surface area contributed by atoms with E-state index in [-0.39, 0.29) is 11.9 Å². The minimum absolute atomic E-state index is 0.0442. The molecule has 0 radical (unpaired) electrons. The summed E-state index contributed by atoms with van der Waals surface area (Å²) in [6, 6.07) is 14.3. The maximum atomic E-state index is 11.9. The number of aliphatic imine (C=N–C) groups is 1. The average molecular weight is 279 g/mol. The summed E-state index contributed by atoms with van der Waals surface area (Å²) in [5.74, 6) is -0.248. The Bertz CT molecular complexity index is 807. The molecule has 0 saturated heterocycles. The number of hydrogen-bond donors (Lipinski definition) is 3. The van der Waals surface area contributed by atoms with Gasteiger partial charge in [0.05, 0.1) is 23.0 Å². The fourth-order valence-corrected chi connectivity index (χ4v) is 1.94. The molecule has 1 aromatic heterocycles. The molecule has 6 heteroatoms. The van der Waals surface area contributed by atoms with Crippen LogP contribution in [-0.2, 0) is 0 Å². The Hall–Kier alpha value is -3.15. The van der Waals surface area contributed by atoms with E-state index in [9.17, 15) is 4.79 Å². The molecule has 3 rings (SSSR count). The molecule has 4 N–H and O–H groups in total. The van der Waals surface area contributed by atoms with Gasteiger partial charge in [-0.3, -0.25) is 10.1 Å². The highest BCUT2D eigenvalue weighted by Crippen LogP contribution is 2.17. The number of benzene rings is 2. The van der Waals surface area contributed by atoms with E-state index < -0.39 is 0 Å². The van der Waals surface area contributed by atoms with Crippen LogP contribution in [0, 0.1) is 0 Å². The van der Waals surface area contributed by atoms with Crippen molar-refractivity contribution in [1.82, 2.24) is 15.3 Å². The first-order chi connectivity index (χ1) is 10.2. The van der Waals surface area contributed by atoms with Gasteiger partial charge in [-0.05, 0) is 30.3 Å². The number of rotatable bonds is 2. The second-order valence-corrected chi connectivity index (χ2v) is 4.42. The molecule has 104 valence electrons. The first kappa shape index (κ1) is 12.9. The zero-order chi connectivity index (χ0) is 14.7. The van der Waals surface area contributed by atoms with Crippen LogP contribution in [0.3, 0.4) is 0 Å². The summed E-state index contributed by atoms with van der Waals surface area (Å²) in [6.07, 6.45) is 1.61. The first-order valence-electron chi connectivity index (χ1n) is 6.36. The molecule has 6 nitrogen and oxygen atoms in total. The van der Waals surface area contributed by atoms with Crippen molar-refractivity contribution in [3.63, 3.8) is 0 Å². The number of nitrogens with two attached hydrogens (primary N) is 1. The van der Waals surface area contributed by atoms with Gasteiger partial charge in [-0.1, -0.05) is 18.2 Å². The molecule has 1 amide bonds. The largest absolute Gasteiger partial charge is 0.369 e. The summed E-state index contributed by atoms with van der Waals surface area (Å²) >= 11 is 0. The van der Waals surface area contributed by atoms with Crippen LogP contribution in [0.25, 0.3) is 11.0 Å². The smallest absolute Gasteiger partial charge is 0.257 e. The van der Waals surface area contributed by atoms with Gasteiger partial charge in [0.25, 0.3) is 5.91 Å². The molecule has 1 heterocycles. The number of amides is 1. The van der Waals surface area contributed by atoms with Gasteiger partial charge in [0.15, 0.2) is 0 Å². The van der Waals surface area contributed by atoms with Crippen LogP contribution in [0.5, 0.6) is 0 Å². The maximum Gasteiger partial charge on any atom is 0.257 e. The zero-order valence-corrected chi connectivity index (χ0v) is 11.1. The van der Waals surface area contributed by atoms with Gasteiger partial charge < -0.3 is 10.7 Å². The summed E-state index contributed by atoms with van der Waals surface area (Å²) in [7, 11) is 0. The fourth-order valence-electron chi connectivity index (χ4n) is 1.94. The van der Waals surface area contributed by atoms with Gasteiger partial charge in [-0.2, -0.15) is 0 Å². The minimum Gasteiger partial charge on any atom is -0.369 e. The van der Waals surface area contributed by atoms with E-state index in [2.05, 4.69) is 20.3 Å². The third kappa shape index (κ3) is 2.89. The van der Waals surface area contributed by atoms with Crippen molar-refractivity contribution < 1.29 is 4.79 Å². The molecule has 0 fully saturated rings. The fraction of sp³-hybridized carbons (Fsp3) is 0. The monoisotopic (exact) mass is 279 g/mol. The van der Waals surface area contributed by atoms with Crippen molar-refractivity contribution in [1.29, 1.82) is 0 Å². The van der Waals surface area contributed by atoms with Gasteiger partial charge in [-0.25, -0.2) is 9.98 Å². The van der Waals surface area contributed by atoms with E-state index >= 15 is 0 Å². The molecule has 2 aromatic carbocycles. The summed E-state index contributed by atoms with van der Waals surface area (Å²) in [5, 5.41) is 2.55. The SMILES string of the molecule is NC(=Nc1ccc2nc[nH]c2c1)NC(=O)c1ccccc1. The van der Waals surface area contributed by atoms with Gasteiger partial charge in [0.2, 0.25) is 5.96 Å². The molecule has 0 aliphatic carbocycles. The Morgan fingerprint density at radius 2 is 2.00 bits per heavy atom. The number of H-pyrrole nitrogens is 1. The molecular formula is C15H13N5O. The Morgan fingerprint density at radius 3 is 2.81 bits per heavy atom. The molecule has 0 aliphatic heterocycles. The second kappa shape index (κ2) is 5.46. The number of aromatic amines is 1. The van der Waals surface area contributed by atoms with Crippen LogP contribution < -0.4 is 11.1 Å². The molecule has 0 aliphatic rings. The Kier molecular flexibility index (Phi) is 3.34. The molecule has 0 unspecified atom stereocenters. The molecule has 3 aromatic rings. The van der Waals surface area contributed by atoms with E-state index in [4.69, 9.17) is 5.73 Å². The number of carbonyl (C=O) groups excluding carboxylic acids is 1. The number of guanidine groups is 1. The van der Waals surface area contributed by atoms with Gasteiger partial charge in [-0.15, -0.1) is 0 Å². The first-order valence-corrected chi connectivity index (χ1v) is 6.36. The molecular weight excluding hydrogens is 266 g/mol. The summed E-state index contributed by atoms with van der Waals surface area (Å²) < 4.78 is 0. The predicted octanol–water partition coefficient (Wildman–Crippen LogP) is 1.94. The Labute approximate surface area is 120 Å². The third-order valence-corrected chi connectivity index (χ3v) is 2.93. The van der Waals surface area contributed by atoms with Crippen molar-refractivity contribution >= 4 is 28.6 Å². The number of fused-ring (bicyclic) bond motifs is 1. The van der Waals surface area contributed by atoms with Crippen molar-refractivity contribution in [2.75, 3.05) is 0 Å². The number of carbonyl (C=O) groups is 1. The average Bonchev–Trinajstić information content (AvgIpc) is 2.95. The molecule has 0 spiro atoms. The highest BCUT2D eigenvalue weighted by Gasteiger charge is 2.06. The van der Waals surface area contributed by atoms with E-state index in [0.717, 1.165) is 11.0 Å². The van der Waals surface area contributed by atoms with E-state index in [1.165, 1.54) is 0 Å². The summed E-state index contributed by atoms with van der Waals surface area (Å²) in [6.45, 7) is 0. The number of nitrogens with one attached hydrogen (secondary N) is 2. The predicted molar refractivity (Wildman–Crippen MR) is 81.3 cm³/mol. The summed E-state index contributed by atoms with van der Waals surface area (Å²) in [5.41, 5.74) is 8.63. The maximum absolute atomic E-state index is 11.9. The van der Waals surface area contributed by atoms with Crippen LogP contribution in [-0.4, -0.2) is 21.8 Å². The van der Waals surface area contributed by atoms with Gasteiger partial charge >= 0.3 is 0 Å². The zero-order valence-electron chi connectivity index (χ0n) is 11.1. The lowest BCUT2D eigenvalue weighted by Gasteiger charge is -2.04. The standard InChI is InChI=1S/C15H13N5O/c16-15(20-14(21)10-4-2-1-3-5-10)19-11-6-7-12-13(8-11)18-9-17-12/h1-9H,(H,17,18)(H3,16,19,20,21). The van der Waals surface area contributed by atoms with Crippen molar-refractivity contribution in [2.24, 2.45) is 10.7 Å². The van der Waals surface area contributed by atoms with Crippen molar-refractivity contribution in [3.05, 3.63) is 60.4 Å². The number of nitrogens with zero attached hydrogens (tertiary/aromatic N) is 2. The van der Waals surface area contributed by atoms with E-state index in [1.807, 2.05) is 18.2 Å². The minimum atomic E-state index is -0.292. The number of aromatic nitrogens is 2. The highest BCUT2D eigenvalue weighted by molar-refractivity contribution is 6.05. The van der Waals surface area contributed by atoms with Crippen LogP contribution in [0.15, 0.2) is 59.9 Å². The van der Waals surface area contributed by atoms with Gasteiger partial charge in [0.1, 0.15) is 0 Å². The lowest BCUT2D eigenvalue weighted by atomic mass is 10.2. The highest BCUT2D eigenvalue weighted by atomic mass is 16.1. The molecule has 0 saturated carbocycles. The van der Waals surface area contributed by atoms with Crippen LogP contribution in [0.1, 0.15) is 10.4 Å². The lowest BCUT2D eigenvalue weighted by Crippen LogP contribution is -2.36. The molecule has 21 heavy (non-hydrogen) atoms. The van der Waals surface area contributed by atoms with Crippen LogP contribution in [0.4, 0.5) is 5.69 Å². The van der Waals surface area contributed by atoms with E-state index in [0.29, 0.717) is 11.3 Å². The Balaban J connectivity index is 1.77. The molecule has 0 bridgehead atoms. The molecule has 0 atom stereocenters. The van der Waals surface area contributed by atoms with Crippen molar-refractivity contribution in [3.8, 4) is 0 Å². The lowest BCUT2D eigenvalue weighted by molar-refractivity contribution is 0.0976. The van der Waals surface area contributed by atoms with E-state index in [1.54, 1.807) is 36.7 Å². The van der Waals surface area contributed by atoms with Crippen LogP contribution in [0.2, 0.25) is 0 Å². The summed E-state index contributed by atoms with van der Waals surface area (Å²) in [4.78, 5) is 23.2. The van der Waals surface area contributed by atoms with Gasteiger partial charge in [0, 0.05) is 5.56 Å². The van der Waals surface area contributed by atoms with Crippen LogP contribution >= 0.6 is 0 Å². The third-order valence-electron chi connectivity index (χ3n) is 2.93. The topological polar surface area (TPSA) is 96.2 Å². The Morgan fingerprint density at radius 1 is 1.19 bits per heavy atom. The normalized spacial score (nSPS) is 11.5. The second-order valence-electron chi connectivity index (χ2n) is 4.42. The quantitative estimate of drug-likeness (QED) is 0.494. The number of hydrogen-bond acceptors (Lipinski definition) is 3.